The lowest BCUT2D eigenvalue weighted by molar-refractivity contribution is 0.526. The highest BCUT2D eigenvalue weighted by Gasteiger charge is 2.14. The summed E-state index contributed by atoms with van der Waals surface area (Å²) in [5.74, 6) is -0.161. The van der Waals surface area contributed by atoms with Crippen LogP contribution >= 0.6 is 0 Å². The van der Waals surface area contributed by atoms with Gasteiger partial charge < -0.3 is 5.32 Å². The van der Waals surface area contributed by atoms with E-state index in [0.29, 0.717) is 6.04 Å². The lowest BCUT2D eigenvalue weighted by Gasteiger charge is -2.22. The molecule has 2 heteroatoms. The van der Waals surface area contributed by atoms with Gasteiger partial charge in [0, 0.05) is 6.04 Å². The molecule has 1 unspecified atom stereocenters. The summed E-state index contributed by atoms with van der Waals surface area (Å²) in [6.45, 7) is 3.06. The molecule has 0 aliphatic heterocycles. The zero-order valence-electron chi connectivity index (χ0n) is 11.1. The fraction of sp³-hybridized carbons (Fsp3) is 0.500. The summed E-state index contributed by atoms with van der Waals surface area (Å²) in [4.78, 5) is 0. The van der Waals surface area contributed by atoms with E-state index < -0.39 is 0 Å². The highest BCUT2D eigenvalue weighted by atomic mass is 19.1. The Labute approximate surface area is 109 Å². The van der Waals surface area contributed by atoms with Crippen molar-refractivity contribution >= 4 is 0 Å². The van der Waals surface area contributed by atoms with Crippen LogP contribution in [0.15, 0.2) is 35.9 Å². The lowest BCUT2D eigenvalue weighted by atomic mass is 9.91. The van der Waals surface area contributed by atoms with Gasteiger partial charge in [-0.25, -0.2) is 4.39 Å². The van der Waals surface area contributed by atoms with Crippen molar-refractivity contribution in [2.45, 2.75) is 45.1 Å². The number of halogens is 1. The van der Waals surface area contributed by atoms with E-state index in [1.807, 2.05) is 12.1 Å². The third kappa shape index (κ3) is 3.67. The molecule has 2 rings (SSSR count). The first-order valence-corrected chi connectivity index (χ1v) is 6.96. The van der Waals surface area contributed by atoms with Crippen LogP contribution in [-0.4, -0.2) is 6.54 Å². The Hall–Kier alpha value is -1.15. The predicted molar refractivity (Wildman–Crippen MR) is 74.0 cm³/mol. The van der Waals surface area contributed by atoms with E-state index >= 15 is 0 Å². The molecule has 0 bridgehead atoms. The molecule has 18 heavy (non-hydrogen) atoms. The van der Waals surface area contributed by atoms with Crippen LogP contribution in [-0.2, 0) is 0 Å². The fourth-order valence-electron chi connectivity index (χ4n) is 2.60. The topological polar surface area (TPSA) is 12.0 Å². The molecule has 1 aliphatic carbocycles. The van der Waals surface area contributed by atoms with Crippen molar-refractivity contribution in [3.05, 3.63) is 47.3 Å². The summed E-state index contributed by atoms with van der Waals surface area (Å²) in [5.41, 5.74) is 2.74. The Morgan fingerprint density at radius 2 is 2.00 bits per heavy atom. The maximum Gasteiger partial charge on any atom is 0.123 e. The molecule has 0 saturated carbocycles. The normalized spacial score (nSPS) is 17.3. The molecule has 1 aromatic rings. The van der Waals surface area contributed by atoms with Crippen molar-refractivity contribution in [2.24, 2.45) is 0 Å². The average Bonchev–Trinajstić information content (AvgIpc) is 2.40. The summed E-state index contributed by atoms with van der Waals surface area (Å²) in [5, 5.41) is 3.50. The van der Waals surface area contributed by atoms with Crippen molar-refractivity contribution in [3.8, 4) is 0 Å². The molecule has 1 nitrogen and oxygen atoms in total. The standard InChI is InChI=1S/C16H22FN/c1-2-18-16(12-13-6-4-3-5-7-13)14-8-10-15(17)11-9-14/h6,8-11,16,18H,2-5,7,12H2,1H3. The molecule has 0 spiro atoms. The van der Waals surface area contributed by atoms with Crippen LogP contribution < -0.4 is 5.32 Å². The third-order valence-corrected chi connectivity index (χ3v) is 3.57. The van der Waals surface area contributed by atoms with Crippen LogP contribution in [0.5, 0.6) is 0 Å². The lowest BCUT2D eigenvalue weighted by Crippen LogP contribution is -2.21. The predicted octanol–water partition coefficient (Wildman–Crippen LogP) is 4.37. The Bertz CT molecular complexity index is 394. The number of benzene rings is 1. The van der Waals surface area contributed by atoms with Gasteiger partial charge in [-0.3, -0.25) is 0 Å². The minimum atomic E-state index is -0.161. The molecule has 1 aromatic carbocycles. The minimum absolute atomic E-state index is 0.161. The van der Waals surface area contributed by atoms with E-state index in [0.717, 1.165) is 13.0 Å². The highest BCUT2D eigenvalue weighted by Crippen LogP contribution is 2.27. The second kappa shape index (κ2) is 6.69. The maximum atomic E-state index is 13.0. The van der Waals surface area contributed by atoms with Crippen LogP contribution in [0.4, 0.5) is 4.39 Å². The molecule has 1 aliphatic rings. The van der Waals surface area contributed by atoms with Crippen molar-refractivity contribution in [3.63, 3.8) is 0 Å². The molecule has 0 radical (unpaired) electrons. The number of hydrogen-bond donors (Lipinski definition) is 1. The van der Waals surface area contributed by atoms with Gasteiger partial charge in [-0.1, -0.05) is 30.7 Å². The number of nitrogens with one attached hydrogen (secondary N) is 1. The quantitative estimate of drug-likeness (QED) is 0.762. The molecule has 1 atom stereocenters. The van der Waals surface area contributed by atoms with Gasteiger partial charge in [0.15, 0.2) is 0 Å². The SMILES string of the molecule is CCNC(CC1=CCCCC1)c1ccc(F)cc1. The van der Waals surface area contributed by atoms with Crippen LogP contribution in [0.1, 0.15) is 50.6 Å². The van der Waals surface area contributed by atoms with Gasteiger partial charge in [0.25, 0.3) is 0 Å². The van der Waals surface area contributed by atoms with Gasteiger partial charge in [-0.05, 0) is 56.3 Å². The van der Waals surface area contributed by atoms with Gasteiger partial charge in [0.2, 0.25) is 0 Å². The van der Waals surface area contributed by atoms with Crippen molar-refractivity contribution < 1.29 is 4.39 Å². The molecule has 0 heterocycles. The monoisotopic (exact) mass is 247 g/mol. The maximum absolute atomic E-state index is 13.0. The number of allylic oxidation sites excluding steroid dienone is 1. The van der Waals surface area contributed by atoms with Crippen molar-refractivity contribution in [2.75, 3.05) is 6.54 Å². The van der Waals surface area contributed by atoms with Crippen LogP contribution in [0.2, 0.25) is 0 Å². The second-order valence-electron chi connectivity index (χ2n) is 4.97. The first-order chi connectivity index (χ1) is 8.79. The first-order valence-electron chi connectivity index (χ1n) is 6.96. The van der Waals surface area contributed by atoms with E-state index in [1.165, 1.54) is 31.2 Å². The van der Waals surface area contributed by atoms with E-state index in [9.17, 15) is 4.39 Å². The van der Waals surface area contributed by atoms with E-state index in [-0.39, 0.29) is 5.82 Å². The largest absolute Gasteiger partial charge is 0.310 e. The zero-order valence-corrected chi connectivity index (χ0v) is 11.1. The van der Waals surface area contributed by atoms with Gasteiger partial charge in [0.05, 0.1) is 0 Å². The van der Waals surface area contributed by atoms with Crippen molar-refractivity contribution in [1.29, 1.82) is 0 Å². The zero-order chi connectivity index (χ0) is 12.8. The first kappa shape index (κ1) is 13.3. The van der Waals surface area contributed by atoms with E-state index in [2.05, 4.69) is 18.3 Å². The minimum Gasteiger partial charge on any atom is -0.310 e. The summed E-state index contributed by atoms with van der Waals surface area (Å²) in [6, 6.07) is 7.21. The van der Waals surface area contributed by atoms with Crippen LogP contribution in [0, 0.1) is 5.82 Å². The molecule has 1 N–H and O–H groups in total. The summed E-state index contributed by atoms with van der Waals surface area (Å²) < 4.78 is 13.0. The van der Waals surface area contributed by atoms with E-state index in [4.69, 9.17) is 0 Å². The Morgan fingerprint density at radius 3 is 2.61 bits per heavy atom. The molecule has 98 valence electrons. The molecule has 0 saturated heterocycles. The molecule has 0 aromatic heterocycles. The number of hydrogen-bond acceptors (Lipinski definition) is 1. The third-order valence-electron chi connectivity index (χ3n) is 3.57. The molecular formula is C16H22FN. The Balaban J connectivity index is 2.07. The molecule has 0 amide bonds. The average molecular weight is 247 g/mol. The Morgan fingerprint density at radius 1 is 1.22 bits per heavy atom. The highest BCUT2D eigenvalue weighted by molar-refractivity contribution is 5.22. The summed E-state index contributed by atoms with van der Waals surface area (Å²) >= 11 is 0. The van der Waals surface area contributed by atoms with Gasteiger partial charge in [-0.15, -0.1) is 0 Å². The van der Waals surface area contributed by atoms with Crippen molar-refractivity contribution in [1.82, 2.24) is 5.32 Å². The smallest absolute Gasteiger partial charge is 0.123 e. The summed E-state index contributed by atoms with van der Waals surface area (Å²) in [7, 11) is 0. The second-order valence-corrected chi connectivity index (χ2v) is 4.97. The molecule has 0 fully saturated rings. The number of rotatable bonds is 5. The van der Waals surface area contributed by atoms with Crippen LogP contribution in [0.3, 0.4) is 0 Å². The van der Waals surface area contributed by atoms with Crippen LogP contribution in [0.25, 0.3) is 0 Å². The Kier molecular flexibility index (Phi) is 4.94. The van der Waals surface area contributed by atoms with E-state index in [1.54, 1.807) is 17.7 Å². The molecular weight excluding hydrogens is 225 g/mol. The van der Waals surface area contributed by atoms with Gasteiger partial charge in [0.1, 0.15) is 5.82 Å². The van der Waals surface area contributed by atoms with Gasteiger partial charge >= 0.3 is 0 Å². The van der Waals surface area contributed by atoms with Gasteiger partial charge in [-0.2, -0.15) is 0 Å². The summed E-state index contributed by atoms with van der Waals surface area (Å²) in [6.07, 6.45) is 8.53. The fourth-order valence-corrected chi connectivity index (χ4v) is 2.60.